The van der Waals surface area contributed by atoms with Crippen molar-refractivity contribution in [1.29, 1.82) is 0 Å². The van der Waals surface area contributed by atoms with Crippen LogP contribution in [0.2, 0.25) is 0 Å². The summed E-state index contributed by atoms with van der Waals surface area (Å²) in [7, 11) is 1.64. The van der Waals surface area contributed by atoms with Gasteiger partial charge in [-0.1, -0.05) is 13.8 Å². The van der Waals surface area contributed by atoms with Crippen LogP contribution in [0.25, 0.3) is 0 Å². The molecule has 0 saturated carbocycles. The molecule has 5 nitrogen and oxygen atoms in total. The number of aryl methyl sites for hydroxylation is 1. The van der Waals surface area contributed by atoms with Crippen molar-refractivity contribution in [2.45, 2.75) is 39.7 Å². The second-order valence-electron chi connectivity index (χ2n) is 4.87. The van der Waals surface area contributed by atoms with Crippen molar-refractivity contribution >= 4 is 11.7 Å². The predicted molar refractivity (Wildman–Crippen MR) is 80.7 cm³/mol. The molecule has 0 spiro atoms. The quantitative estimate of drug-likeness (QED) is 0.830. The lowest BCUT2D eigenvalue weighted by Crippen LogP contribution is -2.40. The fraction of sp³-hybridized carbons (Fsp3) is 0.600. The molecule has 1 rings (SSSR count). The molecule has 1 unspecified atom stereocenters. The van der Waals surface area contributed by atoms with E-state index in [2.05, 4.69) is 11.9 Å². The molecule has 0 saturated heterocycles. The van der Waals surface area contributed by atoms with Gasteiger partial charge in [-0.3, -0.25) is 4.79 Å². The maximum absolute atomic E-state index is 12.7. The summed E-state index contributed by atoms with van der Waals surface area (Å²) in [6.07, 6.45) is 1.66. The Kier molecular flexibility index (Phi) is 6.45. The minimum absolute atomic E-state index is 0.0137. The third-order valence-corrected chi connectivity index (χ3v) is 3.43. The first-order chi connectivity index (χ1) is 9.53. The monoisotopic (exact) mass is 279 g/mol. The summed E-state index contributed by atoms with van der Waals surface area (Å²) in [5.74, 6) is 0.378. The van der Waals surface area contributed by atoms with E-state index in [1.807, 2.05) is 24.8 Å². The molecular formula is C15H25N3O2. The second-order valence-corrected chi connectivity index (χ2v) is 4.87. The highest BCUT2D eigenvalue weighted by molar-refractivity contribution is 5.95. The van der Waals surface area contributed by atoms with Crippen LogP contribution in [-0.2, 0) is 11.2 Å². The molecule has 20 heavy (non-hydrogen) atoms. The lowest BCUT2D eigenvalue weighted by atomic mass is 10.1. The second kappa shape index (κ2) is 7.85. The summed E-state index contributed by atoms with van der Waals surface area (Å²) in [4.78, 5) is 18.7. The fourth-order valence-corrected chi connectivity index (χ4v) is 2.01. The molecule has 0 fully saturated rings. The fourth-order valence-electron chi connectivity index (χ4n) is 2.01. The number of carbonyl (C=O) groups excluding carboxylic acids is 1. The van der Waals surface area contributed by atoms with Crippen molar-refractivity contribution < 1.29 is 9.53 Å². The molecule has 1 atom stereocenters. The third-order valence-electron chi connectivity index (χ3n) is 3.43. The summed E-state index contributed by atoms with van der Waals surface area (Å²) < 4.78 is 5.09. The van der Waals surface area contributed by atoms with Gasteiger partial charge in [0.2, 0.25) is 0 Å². The van der Waals surface area contributed by atoms with Crippen LogP contribution in [-0.4, -0.2) is 42.1 Å². The van der Waals surface area contributed by atoms with E-state index in [1.54, 1.807) is 13.2 Å². The van der Waals surface area contributed by atoms with Crippen LogP contribution in [0.1, 0.15) is 43.2 Å². The van der Waals surface area contributed by atoms with Crippen LogP contribution in [0.4, 0.5) is 5.82 Å². The van der Waals surface area contributed by atoms with E-state index in [0.717, 1.165) is 18.5 Å². The van der Waals surface area contributed by atoms with Crippen LogP contribution >= 0.6 is 0 Å². The molecule has 1 amide bonds. The van der Waals surface area contributed by atoms with E-state index in [4.69, 9.17) is 10.5 Å². The van der Waals surface area contributed by atoms with Crippen LogP contribution in [0.5, 0.6) is 0 Å². The summed E-state index contributed by atoms with van der Waals surface area (Å²) in [5, 5.41) is 0. The van der Waals surface area contributed by atoms with Gasteiger partial charge in [-0.25, -0.2) is 4.98 Å². The molecule has 112 valence electrons. The number of rotatable bonds is 7. The summed E-state index contributed by atoms with van der Waals surface area (Å²) in [6, 6.07) is 3.63. The van der Waals surface area contributed by atoms with Crippen molar-refractivity contribution in [1.82, 2.24) is 9.88 Å². The summed E-state index contributed by atoms with van der Waals surface area (Å²) in [6.45, 7) is 7.20. The molecule has 0 aliphatic heterocycles. The van der Waals surface area contributed by atoms with E-state index in [9.17, 15) is 4.79 Å². The summed E-state index contributed by atoms with van der Waals surface area (Å²) >= 11 is 0. The van der Waals surface area contributed by atoms with Crippen LogP contribution in [0.3, 0.4) is 0 Å². The van der Waals surface area contributed by atoms with Crippen LogP contribution in [0, 0.1) is 0 Å². The Bertz CT molecular complexity index is 449. The van der Waals surface area contributed by atoms with E-state index < -0.39 is 0 Å². The smallest absolute Gasteiger partial charge is 0.254 e. The number of nitrogens with two attached hydrogens (primary N) is 1. The number of hydrogen-bond donors (Lipinski definition) is 1. The number of ether oxygens (including phenoxy) is 1. The Hall–Kier alpha value is -1.62. The molecule has 0 radical (unpaired) electrons. The maximum atomic E-state index is 12.7. The number of pyridine rings is 1. The van der Waals surface area contributed by atoms with Gasteiger partial charge in [0.25, 0.3) is 5.91 Å². The largest absolute Gasteiger partial charge is 0.384 e. The van der Waals surface area contributed by atoms with Gasteiger partial charge in [-0.15, -0.1) is 0 Å². The van der Waals surface area contributed by atoms with E-state index in [-0.39, 0.29) is 11.9 Å². The number of carbonyl (C=O) groups is 1. The number of amides is 1. The topological polar surface area (TPSA) is 68.5 Å². The minimum Gasteiger partial charge on any atom is -0.384 e. The highest BCUT2D eigenvalue weighted by Gasteiger charge is 2.21. The number of hydrogen-bond acceptors (Lipinski definition) is 4. The first-order valence-electron chi connectivity index (χ1n) is 7.09. The molecule has 1 aromatic rings. The molecule has 1 aromatic heterocycles. The Labute approximate surface area is 121 Å². The van der Waals surface area contributed by atoms with Gasteiger partial charge in [0.15, 0.2) is 0 Å². The number of nitrogens with zero attached hydrogens (tertiary/aromatic N) is 2. The molecular weight excluding hydrogens is 254 g/mol. The molecule has 0 aliphatic carbocycles. The molecule has 5 heteroatoms. The van der Waals surface area contributed by atoms with Gasteiger partial charge in [0.05, 0.1) is 6.61 Å². The first kappa shape index (κ1) is 16.4. The third kappa shape index (κ3) is 4.20. The Morgan fingerprint density at radius 3 is 2.70 bits per heavy atom. The first-order valence-corrected chi connectivity index (χ1v) is 7.09. The standard InChI is InChI=1S/C15H25N3O2/c1-5-11(3)18(7-8-20-4)15(19)12-9-13(6-2)17-14(16)10-12/h9-11H,5-8H2,1-4H3,(H2,16,17). The van der Waals surface area contributed by atoms with Gasteiger partial charge in [-0.2, -0.15) is 0 Å². The number of anilines is 1. The van der Waals surface area contributed by atoms with Crippen molar-refractivity contribution in [2.24, 2.45) is 0 Å². The van der Waals surface area contributed by atoms with Gasteiger partial charge in [0, 0.05) is 31.0 Å². The SMILES string of the molecule is CCc1cc(C(=O)N(CCOC)C(C)CC)cc(N)n1. The predicted octanol–water partition coefficient (Wildman–Crippen LogP) is 2.11. The van der Waals surface area contributed by atoms with Gasteiger partial charge in [-0.05, 0) is 31.9 Å². The molecule has 2 N–H and O–H groups in total. The van der Waals surface area contributed by atoms with Crippen LogP contribution < -0.4 is 5.73 Å². The Morgan fingerprint density at radius 1 is 1.45 bits per heavy atom. The van der Waals surface area contributed by atoms with Crippen molar-refractivity contribution in [3.05, 3.63) is 23.4 Å². The van der Waals surface area contributed by atoms with E-state index in [0.29, 0.717) is 24.5 Å². The Morgan fingerprint density at radius 2 is 2.15 bits per heavy atom. The van der Waals surface area contributed by atoms with Gasteiger partial charge < -0.3 is 15.4 Å². The highest BCUT2D eigenvalue weighted by Crippen LogP contribution is 2.14. The van der Waals surface area contributed by atoms with Crippen molar-refractivity contribution in [2.75, 3.05) is 26.0 Å². The minimum atomic E-state index is -0.0137. The van der Waals surface area contributed by atoms with E-state index >= 15 is 0 Å². The zero-order valence-electron chi connectivity index (χ0n) is 12.8. The van der Waals surface area contributed by atoms with E-state index in [1.165, 1.54) is 0 Å². The normalized spacial score (nSPS) is 12.2. The van der Waals surface area contributed by atoms with Crippen molar-refractivity contribution in [3.8, 4) is 0 Å². The molecule has 1 heterocycles. The lowest BCUT2D eigenvalue weighted by Gasteiger charge is -2.28. The number of nitrogen functional groups attached to an aromatic ring is 1. The molecule has 0 bridgehead atoms. The zero-order chi connectivity index (χ0) is 15.1. The average molecular weight is 279 g/mol. The van der Waals surface area contributed by atoms with Gasteiger partial charge in [0.1, 0.15) is 5.82 Å². The molecule has 0 aromatic carbocycles. The molecule has 0 aliphatic rings. The number of aromatic nitrogens is 1. The maximum Gasteiger partial charge on any atom is 0.254 e. The zero-order valence-corrected chi connectivity index (χ0v) is 12.8. The Balaban J connectivity index is 3.01. The van der Waals surface area contributed by atoms with Crippen molar-refractivity contribution in [3.63, 3.8) is 0 Å². The average Bonchev–Trinajstić information content (AvgIpc) is 2.46. The van der Waals surface area contributed by atoms with Gasteiger partial charge >= 0.3 is 0 Å². The highest BCUT2D eigenvalue weighted by atomic mass is 16.5. The summed E-state index contributed by atoms with van der Waals surface area (Å²) in [5.41, 5.74) is 7.21. The van der Waals surface area contributed by atoms with Crippen LogP contribution in [0.15, 0.2) is 12.1 Å². The number of methoxy groups -OCH3 is 1. The lowest BCUT2D eigenvalue weighted by molar-refractivity contribution is 0.0613.